The van der Waals surface area contributed by atoms with Gasteiger partial charge in [-0.25, -0.2) is 0 Å². The normalized spacial score (nSPS) is 10.7. The number of ether oxygens (including phenoxy) is 2. The van der Waals surface area contributed by atoms with Crippen molar-refractivity contribution in [3.63, 3.8) is 0 Å². The number of nitrogens with zero attached hydrogens (tertiary/aromatic N) is 1. The van der Waals surface area contributed by atoms with Crippen molar-refractivity contribution in [3.8, 4) is 11.5 Å². The van der Waals surface area contributed by atoms with Gasteiger partial charge in [-0.1, -0.05) is 45.8 Å². The molecule has 3 rings (SSSR count). The Labute approximate surface area is 175 Å². The molecule has 0 aliphatic heterocycles. The fraction of sp³-hybridized carbons (Fsp3) is 0.261. The molecule has 3 aromatic rings. The zero-order valence-electron chi connectivity index (χ0n) is 16.2. The molecule has 0 atom stereocenters. The molecule has 1 heterocycles. The van der Waals surface area contributed by atoms with Crippen molar-refractivity contribution in [1.29, 1.82) is 0 Å². The molecule has 1 aromatic heterocycles. The summed E-state index contributed by atoms with van der Waals surface area (Å²) in [6.07, 6.45) is 3.61. The molecule has 0 spiro atoms. The molecule has 0 bridgehead atoms. The van der Waals surface area contributed by atoms with Crippen LogP contribution in [0.3, 0.4) is 0 Å². The molecule has 146 valence electrons. The topological polar surface area (TPSA) is 43.4 Å². The van der Waals surface area contributed by atoms with Gasteiger partial charge in [0.15, 0.2) is 11.5 Å². The molecule has 0 amide bonds. The van der Waals surface area contributed by atoms with Crippen LogP contribution in [0.1, 0.15) is 29.2 Å². The lowest BCUT2D eigenvalue weighted by Gasteiger charge is -2.16. The van der Waals surface area contributed by atoms with Crippen LogP contribution in [0.2, 0.25) is 0 Å². The monoisotopic (exact) mass is 440 g/mol. The number of pyridine rings is 1. The third-order valence-corrected chi connectivity index (χ3v) is 5.02. The molecule has 0 aliphatic carbocycles. The van der Waals surface area contributed by atoms with E-state index in [1.807, 2.05) is 37.3 Å². The maximum atomic E-state index is 6.06. The molecular weight excluding hydrogens is 416 g/mol. The summed E-state index contributed by atoms with van der Waals surface area (Å²) in [4.78, 5) is 4.05. The van der Waals surface area contributed by atoms with E-state index in [-0.39, 0.29) is 0 Å². The molecule has 28 heavy (non-hydrogen) atoms. The van der Waals surface area contributed by atoms with Crippen molar-refractivity contribution in [1.82, 2.24) is 10.3 Å². The number of halogens is 1. The second kappa shape index (κ2) is 10.2. The first-order valence-corrected chi connectivity index (χ1v) is 10.2. The molecule has 0 unspecified atom stereocenters. The molecule has 0 saturated heterocycles. The molecular formula is C23H25BrN2O2. The molecule has 2 aromatic carbocycles. The van der Waals surface area contributed by atoms with Gasteiger partial charge in [-0.3, -0.25) is 4.98 Å². The lowest BCUT2D eigenvalue weighted by atomic mass is 10.1. The third kappa shape index (κ3) is 5.81. The largest absolute Gasteiger partial charge is 0.490 e. The number of benzene rings is 2. The minimum atomic E-state index is 0.508. The average molecular weight is 441 g/mol. The Morgan fingerprint density at radius 2 is 1.71 bits per heavy atom. The van der Waals surface area contributed by atoms with E-state index in [1.54, 1.807) is 12.4 Å². The van der Waals surface area contributed by atoms with Crippen LogP contribution in [-0.4, -0.2) is 11.6 Å². The molecule has 1 N–H and O–H groups in total. The minimum absolute atomic E-state index is 0.508. The number of hydrogen-bond acceptors (Lipinski definition) is 4. The van der Waals surface area contributed by atoms with Crippen LogP contribution in [0.25, 0.3) is 0 Å². The van der Waals surface area contributed by atoms with Crippen LogP contribution in [0, 0.1) is 6.92 Å². The molecule has 4 nitrogen and oxygen atoms in total. The highest BCUT2D eigenvalue weighted by molar-refractivity contribution is 9.10. The number of rotatable bonds is 9. The van der Waals surface area contributed by atoms with Gasteiger partial charge < -0.3 is 14.8 Å². The Morgan fingerprint density at radius 3 is 2.46 bits per heavy atom. The maximum absolute atomic E-state index is 6.06. The molecule has 5 heteroatoms. The number of aryl methyl sites for hydroxylation is 1. The van der Waals surface area contributed by atoms with Gasteiger partial charge in [0.1, 0.15) is 6.61 Å². The van der Waals surface area contributed by atoms with Crippen LogP contribution in [0.5, 0.6) is 11.5 Å². The summed E-state index contributed by atoms with van der Waals surface area (Å²) in [5.41, 5.74) is 4.69. The van der Waals surface area contributed by atoms with Gasteiger partial charge in [0, 0.05) is 30.0 Å². The fourth-order valence-corrected chi connectivity index (χ4v) is 3.36. The minimum Gasteiger partial charge on any atom is -0.490 e. The van der Waals surface area contributed by atoms with E-state index in [1.165, 1.54) is 11.1 Å². The van der Waals surface area contributed by atoms with Gasteiger partial charge in [-0.15, -0.1) is 0 Å². The summed E-state index contributed by atoms with van der Waals surface area (Å²) in [5.74, 6) is 1.51. The molecule has 0 radical (unpaired) electrons. The van der Waals surface area contributed by atoms with Crippen LogP contribution >= 0.6 is 15.9 Å². The van der Waals surface area contributed by atoms with Gasteiger partial charge in [-0.2, -0.15) is 0 Å². The maximum Gasteiger partial charge on any atom is 0.162 e. The fourth-order valence-electron chi connectivity index (χ4n) is 2.90. The highest BCUT2D eigenvalue weighted by Gasteiger charge is 2.11. The molecule has 0 aliphatic rings. The highest BCUT2D eigenvalue weighted by Crippen LogP contribution is 2.34. The Balaban J connectivity index is 1.68. The Kier molecular flexibility index (Phi) is 7.46. The van der Waals surface area contributed by atoms with Gasteiger partial charge in [0.05, 0.1) is 6.61 Å². The van der Waals surface area contributed by atoms with Gasteiger partial charge in [0.25, 0.3) is 0 Å². The number of hydrogen-bond donors (Lipinski definition) is 1. The van der Waals surface area contributed by atoms with Crippen LogP contribution < -0.4 is 14.8 Å². The van der Waals surface area contributed by atoms with E-state index in [4.69, 9.17) is 9.47 Å². The summed E-state index contributed by atoms with van der Waals surface area (Å²) in [6.45, 7) is 6.67. The van der Waals surface area contributed by atoms with E-state index in [9.17, 15) is 0 Å². The van der Waals surface area contributed by atoms with E-state index >= 15 is 0 Å². The first-order chi connectivity index (χ1) is 13.7. The summed E-state index contributed by atoms with van der Waals surface area (Å²) in [5, 5.41) is 3.46. The van der Waals surface area contributed by atoms with Crippen molar-refractivity contribution in [2.24, 2.45) is 0 Å². The van der Waals surface area contributed by atoms with Crippen molar-refractivity contribution in [3.05, 3.63) is 87.7 Å². The van der Waals surface area contributed by atoms with E-state index in [0.29, 0.717) is 13.2 Å². The van der Waals surface area contributed by atoms with Crippen molar-refractivity contribution in [2.75, 3.05) is 6.61 Å². The first-order valence-electron chi connectivity index (χ1n) is 9.39. The zero-order valence-corrected chi connectivity index (χ0v) is 17.8. The zero-order chi connectivity index (χ0) is 19.8. The van der Waals surface area contributed by atoms with Gasteiger partial charge >= 0.3 is 0 Å². The lowest BCUT2D eigenvalue weighted by molar-refractivity contribution is 0.268. The third-order valence-electron chi connectivity index (χ3n) is 4.28. The Hall–Kier alpha value is -2.37. The predicted molar refractivity (Wildman–Crippen MR) is 116 cm³/mol. The van der Waals surface area contributed by atoms with E-state index in [0.717, 1.165) is 40.2 Å². The summed E-state index contributed by atoms with van der Waals surface area (Å²) in [7, 11) is 0. The average Bonchev–Trinajstić information content (AvgIpc) is 2.70. The second-order valence-electron chi connectivity index (χ2n) is 6.56. The summed E-state index contributed by atoms with van der Waals surface area (Å²) in [6, 6.07) is 16.4. The Morgan fingerprint density at radius 1 is 0.929 bits per heavy atom. The van der Waals surface area contributed by atoms with Gasteiger partial charge in [-0.05, 0) is 54.8 Å². The van der Waals surface area contributed by atoms with Gasteiger partial charge in [0.2, 0.25) is 0 Å². The SMILES string of the molecule is CCOc1cc(CNCc2ccncc2)c(Br)cc1OCc1cccc(C)c1. The van der Waals surface area contributed by atoms with Crippen LogP contribution in [-0.2, 0) is 19.7 Å². The van der Waals surface area contributed by atoms with Crippen LogP contribution in [0.4, 0.5) is 0 Å². The highest BCUT2D eigenvalue weighted by atomic mass is 79.9. The second-order valence-corrected chi connectivity index (χ2v) is 7.41. The van der Waals surface area contributed by atoms with Crippen LogP contribution in [0.15, 0.2) is 65.4 Å². The first kappa shape index (κ1) is 20.4. The van der Waals surface area contributed by atoms with Crippen molar-refractivity contribution < 1.29 is 9.47 Å². The Bertz CT molecular complexity index is 900. The number of aromatic nitrogens is 1. The lowest BCUT2D eigenvalue weighted by Crippen LogP contribution is -2.13. The smallest absolute Gasteiger partial charge is 0.162 e. The summed E-state index contributed by atoms with van der Waals surface area (Å²) >= 11 is 3.67. The van der Waals surface area contributed by atoms with E-state index < -0.39 is 0 Å². The standard InChI is InChI=1S/C23H25BrN2O2/c1-3-27-22-12-20(15-26-14-18-7-9-25-10-8-18)21(24)13-23(22)28-16-19-6-4-5-17(2)11-19/h4-13,26H,3,14-16H2,1-2H3. The predicted octanol–water partition coefficient (Wildman–Crippen LogP) is 5.42. The van der Waals surface area contributed by atoms with Crippen molar-refractivity contribution >= 4 is 15.9 Å². The van der Waals surface area contributed by atoms with Crippen molar-refractivity contribution in [2.45, 2.75) is 33.5 Å². The quantitative estimate of drug-likeness (QED) is 0.482. The molecule has 0 fully saturated rings. The summed E-state index contributed by atoms with van der Waals surface area (Å²) < 4.78 is 12.9. The van der Waals surface area contributed by atoms with E-state index in [2.05, 4.69) is 51.4 Å². The number of nitrogens with one attached hydrogen (secondary N) is 1. The molecule has 0 saturated carbocycles.